The van der Waals surface area contributed by atoms with Crippen molar-refractivity contribution in [3.05, 3.63) is 117 Å². The summed E-state index contributed by atoms with van der Waals surface area (Å²) in [5, 5.41) is 112. The van der Waals surface area contributed by atoms with Crippen molar-refractivity contribution in [2.24, 2.45) is 0 Å². The van der Waals surface area contributed by atoms with E-state index in [0.29, 0.717) is 0 Å². The SMILES string of the molecule is CC(C=CC=C(C)OC(=O)C[C@H]1O[C@H](c2c(O)cc3oc4cc(O)c(O)cc4c(=O)c3c2O)[C@@H](O)[C@H](O)[C@H]1O)=CC=CC=C(C)C=CC=C(C)C(=O)O[C@H]1O[C@@H](CO)[C@H](O)[C@H](O)[C@@H]1O. The molecule has 2 saturated heterocycles. The first kappa shape index (κ1) is 48.9. The van der Waals surface area contributed by atoms with Gasteiger partial charge in [-0.05, 0) is 39.8 Å². The number of carbonyl (C=O) groups is 2. The maximum absolute atomic E-state index is 13.3. The molecule has 11 N–H and O–H groups in total. The maximum Gasteiger partial charge on any atom is 0.336 e. The van der Waals surface area contributed by atoms with E-state index in [2.05, 4.69) is 0 Å². The quantitative estimate of drug-likeness (QED) is 0.0292. The van der Waals surface area contributed by atoms with E-state index in [1.54, 1.807) is 48.6 Å². The highest BCUT2D eigenvalue weighted by Gasteiger charge is 2.48. The van der Waals surface area contributed by atoms with Crippen LogP contribution < -0.4 is 5.43 Å². The van der Waals surface area contributed by atoms with Crippen LogP contribution in [-0.4, -0.2) is 130 Å². The summed E-state index contributed by atoms with van der Waals surface area (Å²) in [4.78, 5) is 38.7. The van der Waals surface area contributed by atoms with Crippen LogP contribution in [0.15, 0.2) is 111 Å². The van der Waals surface area contributed by atoms with Gasteiger partial charge in [0, 0.05) is 17.7 Å². The Balaban J connectivity index is 1.15. The summed E-state index contributed by atoms with van der Waals surface area (Å²) >= 11 is 0. The third kappa shape index (κ3) is 11.1. The zero-order valence-electron chi connectivity index (χ0n) is 34.9. The van der Waals surface area contributed by atoms with Crippen LogP contribution in [0, 0.1) is 0 Å². The van der Waals surface area contributed by atoms with Crippen LogP contribution in [-0.2, 0) is 28.5 Å². The molecule has 5 rings (SSSR count). The van der Waals surface area contributed by atoms with Crippen molar-refractivity contribution in [3.8, 4) is 23.0 Å². The molecular formula is C45H50O19. The van der Waals surface area contributed by atoms with Gasteiger partial charge in [-0.3, -0.25) is 9.59 Å². The number of aliphatic hydroxyl groups is 7. The summed E-state index contributed by atoms with van der Waals surface area (Å²) in [5.74, 6) is -4.48. The fraction of sp³-hybridized carbons (Fsp3) is 0.356. The van der Waals surface area contributed by atoms with Crippen molar-refractivity contribution in [1.82, 2.24) is 0 Å². The summed E-state index contributed by atoms with van der Waals surface area (Å²) in [6, 6.07) is 2.82. The number of phenols is 4. The molecule has 0 unspecified atom stereocenters. The molecule has 0 amide bonds. The fourth-order valence-corrected chi connectivity index (χ4v) is 6.71. The number of fused-ring (bicyclic) bond motifs is 2. The molecule has 0 radical (unpaired) electrons. The summed E-state index contributed by atoms with van der Waals surface area (Å²) in [5.41, 5.74) is -0.164. The molecule has 344 valence electrons. The molecular weight excluding hydrogens is 844 g/mol. The van der Waals surface area contributed by atoms with E-state index in [0.717, 1.165) is 29.3 Å². The molecule has 2 aliphatic heterocycles. The van der Waals surface area contributed by atoms with E-state index in [1.165, 1.54) is 26.0 Å². The highest BCUT2D eigenvalue weighted by molar-refractivity contribution is 5.96. The molecule has 0 aliphatic carbocycles. The van der Waals surface area contributed by atoms with Crippen molar-refractivity contribution < 1.29 is 89.1 Å². The van der Waals surface area contributed by atoms with Crippen molar-refractivity contribution in [1.29, 1.82) is 0 Å². The number of carbonyl (C=O) groups excluding carboxylic acids is 2. The second-order valence-electron chi connectivity index (χ2n) is 15.2. The molecule has 19 heteroatoms. The van der Waals surface area contributed by atoms with Crippen LogP contribution >= 0.6 is 0 Å². The summed E-state index contributed by atoms with van der Waals surface area (Å²) in [6.45, 7) is 5.93. The smallest absolute Gasteiger partial charge is 0.336 e. The van der Waals surface area contributed by atoms with Crippen LogP contribution in [0.25, 0.3) is 21.9 Å². The monoisotopic (exact) mass is 894 g/mol. The second kappa shape index (κ2) is 21.0. The van der Waals surface area contributed by atoms with Gasteiger partial charge in [0.15, 0.2) is 11.5 Å². The Labute approximate surface area is 364 Å². The van der Waals surface area contributed by atoms with Gasteiger partial charge < -0.3 is 79.5 Å². The molecule has 0 bridgehead atoms. The molecule has 3 heterocycles. The number of hydrogen-bond donors (Lipinski definition) is 11. The van der Waals surface area contributed by atoms with Gasteiger partial charge in [-0.1, -0.05) is 65.8 Å². The summed E-state index contributed by atoms with van der Waals surface area (Å²) in [7, 11) is 0. The van der Waals surface area contributed by atoms with Gasteiger partial charge in [0.2, 0.25) is 11.7 Å². The largest absolute Gasteiger partial charge is 0.507 e. The van der Waals surface area contributed by atoms with Gasteiger partial charge in [-0.25, -0.2) is 4.79 Å². The van der Waals surface area contributed by atoms with E-state index in [9.17, 15) is 70.6 Å². The van der Waals surface area contributed by atoms with Gasteiger partial charge in [-0.2, -0.15) is 0 Å². The number of rotatable bonds is 13. The number of benzene rings is 2. The van der Waals surface area contributed by atoms with E-state index >= 15 is 0 Å². The third-order valence-corrected chi connectivity index (χ3v) is 10.3. The number of hydrogen-bond acceptors (Lipinski definition) is 19. The number of phenolic OH excluding ortho intramolecular Hbond substituents is 4. The van der Waals surface area contributed by atoms with E-state index < -0.39 is 126 Å². The number of allylic oxidation sites excluding steroid dienone is 13. The Bertz CT molecular complexity index is 2510. The van der Waals surface area contributed by atoms with Gasteiger partial charge >= 0.3 is 11.9 Å². The minimum absolute atomic E-state index is 0.145. The maximum atomic E-state index is 13.3. The summed E-state index contributed by atoms with van der Waals surface area (Å²) < 4.78 is 26.9. The molecule has 64 heavy (non-hydrogen) atoms. The fourth-order valence-electron chi connectivity index (χ4n) is 6.71. The zero-order valence-corrected chi connectivity index (χ0v) is 34.9. The van der Waals surface area contributed by atoms with Crippen LogP contribution in [0.5, 0.6) is 23.0 Å². The Morgan fingerprint density at radius 2 is 1.25 bits per heavy atom. The minimum atomic E-state index is -1.96. The van der Waals surface area contributed by atoms with E-state index in [4.69, 9.17) is 23.4 Å². The van der Waals surface area contributed by atoms with E-state index in [1.807, 2.05) is 13.8 Å². The Morgan fingerprint density at radius 3 is 1.89 bits per heavy atom. The topological polar surface area (TPSA) is 324 Å². The van der Waals surface area contributed by atoms with Crippen LogP contribution in [0.2, 0.25) is 0 Å². The first-order chi connectivity index (χ1) is 30.2. The van der Waals surface area contributed by atoms with Crippen LogP contribution in [0.3, 0.4) is 0 Å². The number of ether oxygens (including phenoxy) is 4. The lowest BCUT2D eigenvalue weighted by Crippen LogP contribution is -2.59. The predicted octanol–water partition coefficient (Wildman–Crippen LogP) is 1.98. The van der Waals surface area contributed by atoms with Crippen molar-refractivity contribution in [3.63, 3.8) is 0 Å². The molecule has 19 nitrogen and oxygen atoms in total. The number of esters is 2. The van der Waals surface area contributed by atoms with Gasteiger partial charge in [0.25, 0.3) is 0 Å². The average Bonchev–Trinajstić information content (AvgIpc) is 3.23. The minimum Gasteiger partial charge on any atom is -0.507 e. The molecule has 0 saturated carbocycles. The molecule has 2 aromatic carbocycles. The van der Waals surface area contributed by atoms with E-state index in [-0.39, 0.29) is 27.9 Å². The van der Waals surface area contributed by atoms with Crippen molar-refractivity contribution in [2.45, 2.75) is 95.3 Å². The first-order valence-electron chi connectivity index (χ1n) is 19.7. The molecule has 10 atom stereocenters. The molecule has 1 aromatic heterocycles. The van der Waals surface area contributed by atoms with Gasteiger partial charge in [0.1, 0.15) is 82.6 Å². The van der Waals surface area contributed by atoms with Gasteiger partial charge in [0.05, 0.1) is 30.1 Å². The molecule has 0 spiro atoms. The normalized spacial score (nSPS) is 27.6. The second-order valence-corrected chi connectivity index (χ2v) is 15.2. The third-order valence-electron chi connectivity index (χ3n) is 10.3. The Morgan fingerprint density at radius 1 is 0.672 bits per heavy atom. The average molecular weight is 895 g/mol. The summed E-state index contributed by atoms with van der Waals surface area (Å²) in [6.07, 6.45) is -0.710. The molecule has 3 aromatic rings. The lowest BCUT2D eigenvalue weighted by molar-refractivity contribution is -0.291. The van der Waals surface area contributed by atoms with Crippen molar-refractivity contribution in [2.75, 3.05) is 6.61 Å². The van der Waals surface area contributed by atoms with Gasteiger partial charge in [-0.15, -0.1) is 0 Å². The lowest BCUT2D eigenvalue weighted by atomic mass is 9.88. The number of aliphatic hydroxyl groups excluding tert-OH is 7. The first-order valence-corrected chi connectivity index (χ1v) is 19.7. The molecule has 2 aliphatic rings. The van der Waals surface area contributed by atoms with Crippen LogP contribution in [0.4, 0.5) is 0 Å². The van der Waals surface area contributed by atoms with Crippen LogP contribution in [0.1, 0.15) is 45.8 Å². The zero-order chi connectivity index (χ0) is 47.2. The Hall–Kier alpha value is -6.13. The predicted molar refractivity (Wildman–Crippen MR) is 225 cm³/mol. The highest BCUT2D eigenvalue weighted by Crippen LogP contribution is 2.45. The number of aromatic hydroxyl groups is 4. The van der Waals surface area contributed by atoms with Crippen molar-refractivity contribution >= 4 is 33.9 Å². The highest BCUT2D eigenvalue weighted by atomic mass is 16.7. The Kier molecular flexibility index (Phi) is 16.1. The standard InChI is InChI=1S/C45H50O19/c1-20(11-7-13-22(3)44(59)64-45-42(58)40(56)37(53)31(19-46)63-45)9-5-6-10-21(2)12-8-14-23(4)60-32(50)18-30-36(52)39(55)41(57)43(62-30)33-27(49)17-29-34(38(33)54)35(51)24-15-25(47)26(48)16-28(24)61-29/h5-17,30-31,36-37,39-43,45-49,52-58H,18-19H2,1-4H3/t30-,31+,36+,37+,39-,40+,41+,42+,43-,45-/m1/s1. The molecule has 2 fully saturated rings. The lowest BCUT2D eigenvalue weighted by Gasteiger charge is -2.40.